The molecular weight excluding hydrogens is 473 g/mol. The van der Waals surface area contributed by atoms with Crippen molar-refractivity contribution in [2.75, 3.05) is 6.61 Å². The minimum absolute atomic E-state index is 0.0338. The topological polar surface area (TPSA) is 88.1 Å². The highest BCUT2D eigenvalue weighted by Crippen LogP contribution is 2.29. The van der Waals surface area contributed by atoms with E-state index in [-0.39, 0.29) is 12.3 Å². The van der Waals surface area contributed by atoms with E-state index in [2.05, 4.69) is 21.0 Å². The first kappa shape index (κ1) is 21.8. The maximum atomic E-state index is 13.1. The fraction of sp³-hybridized carbons (Fsp3) is 0.333. The van der Waals surface area contributed by atoms with E-state index in [1.165, 1.54) is 16.8 Å². The first-order valence-corrected chi connectivity index (χ1v) is 9.51. The van der Waals surface area contributed by atoms with Gasteiger partial charge in [-0.1, -0.05) is 0 Å². The number of rotatable bonds is 4. The largest absolute Gasteiger partial charge is 0.464 e. The number of fused-ring (bicyclic) bond motifs is 1. The van der Waals surface area contributed by atoms with Gasteiger partial charge in [0.05, 0.1) is 17.8 Å². The van der Waals surface area contributed by atoms with Crippen LogP contribution in [0.5, 0.6) is 0 Å². The molecular formula is C18H16BrF3N4O4. The lowest BCUT2D eigenvalue weighted by Crippen LogP contribution is -2.40. The average Bonchev–Trinajstić information content (AvgIpc) is 2.99. The number of carbonyl (C=O) groups is 1. The van der Waals surface area contributed by atoms with Crippen LogP contribution in [0.4, 0.5) is 13.2 Å². The first-order chi connectivity index (χ1) is 14.0. The third-order valence-corrected chi connectivity index (χ3v) is 5.10. The zero-order valence-electron chi connectivity index (χ0n) is 16.0. The van der Waals surface area contributed by atoms with Gasteiger partial charge in [0.1, 0.15) is 16.3 Å². The van der Waals surface area contributed by atoms with Crippen molar-refractivity contribution in [1.29, 1.82) is 0 Å². The molecule has 1 atom stereocenters. The number of ether oxygens (including phenoxy) is 1. The van der Waals surface area contributed by atoms with Gasteiger partial charge in [0.15, 0.2) is 0 Å². The Labute approximate surface area is 175 Å². The molecule has 12 heteroatoms. The Hall–Kier alpha value is -2.89. The van der Waals surface area contributed by atoms with E-state index in [0.717, 1.165) is 7.05 Å². The van der Waals surface area contributed by atoms with Crippen molar-refractivity contribution < 1.29 is 22.7 Å². The summed E-state index contributed by atoms with van der Waals surface area (Å²) in [6.45, 7) is 3.39. The number of halogens is 4. The molecule has 160 valence electrons. The molecule has 0 aliphatic carbocycles. The van der Waals surface area contributed by atoms with Crippen LogP contribution in [-0.4, -0.2) is 31.5 Å². The summed E-state index contributed by atoms with van der Waals surface area (Å²) in [7, 11) is 0.934. The Kier molecular flexibility index (Phi) is 5.63. The normalized spacial score (nSPS) is 12.9. The van der Waals surface area contributed by atoms with Crippen LogP contribution in [0.3, 0.4) is 0 Å². The van der Waals surface area contributed by atoms with Crippen molar-refractivity contribution in [3.8, 4) is 5.69 Å². The minimum Gasteiger partial charge on any atom is -0.464 e. The standard InChI is InChI=1S/C18H16BrF3N4O4/c1-4-30-16(28)9(2)26-12-7-10(5-6-11(12)15(19)23-26)25-14(27)8-13(18(20,21)22)24(3)17(25)29/h5-9H,4H2,1-3H3. The SMILES string of the molecule is CCOC(=O)C(C)n1nc(Br)c2ccc(-n3c(=O)cc(C(F)(F)F)n(C)c3=O)cc21. The summed E-state index contributed by atoms with van der Waals surface area (Å²) in [5.74, 6) is -0.539. The molecule has 0 N–H and O–H groups in total. The number of benzene rings is 1. The van der Waals surface area contributed by atoms with Crippen LogP contribution in [-0.2, 0) is 22.8 Å². The highest BCUT2D eigenvalue weighted by molar-refractivity contribution is 9.10. The van der Waals surface area contributed by atoms with Crippen molar-refractivity contribution in [3.05, 3.63) is 55.4 Å². The number of hydrogen-bond acceptors (Lipinski definition) is 5. The quantitative estimate of drug-likeness (QED) is 0.527. The zero-order chi connectivity index (χ0) is 22.4. The van der Waals surface area contributed by atoms with Gasteiger partial charge in [0.2, 0.25) is 0 Å². The zero-order valence-corrected chi connectivity index (χ0v) is 17.6. The molecule has 3 aromatic rings. The van der Waals surface area contributed by atoms with Crippen molar-refractivity contribution in [2.45, 2.75) is 26.1 Å². The number of esters is 1. The molecule has 0 spiro atoms. The maximum absolute atomic E-state index is 13.1. The Morgan fingerprint density at radius 2 is 1.93 bits per heavy atom. The Balaban J connectivity index is 2.23. The van der Waals surface area contributed by atoms with Gasteiger partial charge in [-0.25, -0.2) is 18.8 Å². The number of alkyl halides is 3. The summed E-state index contributed by atoms with van der Waals surface area (Å²) in [5.41, 5.74) is -3.22. The second-order valence-electron chi connectivity index (χ2n) is 6.41. The number of carbonyl (C=O) groups excluding carboxylic acids is 1. The predicted octanol–water partition coefficient (Wildman–Crippen LogP) is 2.79. The average molecular weight is 489 g/mol. The van der Waals surface area contributed by atoms with Gasteiger partial charge in [0.25, 0.3) is 5.56 Å². The van der Waals surface area contributed by atoms with E-state index >= 15 is 0 Å². The van der Waals surface area contributed by atoms with Crippen LogP contribution >= 0.6 is 15.9 Å². The molecule has 2 aromatic heterocycles. The van der Waals surface area contributed by atoms with Gasteiger partial charge < -0.3 is 4.74 Å². The van der Waals surface area contributed by atoms with Crippen molar-refractivity contribution in [2.24, 2.45) is 7.05 Å². The van der Waals surface area contributed by atoms with Gasteiger partial charge in [-0.15, -0.1) is 0 Å². The highest BCUT2D eigenvalue weighted by atomic mass is 79.9. The van der Waals surface area contributed by atoms with Crippen molar-refractivity contribution in [3.63, 3.8) is 0 Å². The molecule has 8 nitrogen and oxygen atoms in total. The van der Waals surface area contributed by atoms with Gasteiger partial charge in [-0.2, -0.15) is 18.3 Å². The minimum atomic E-state index is -4.85. The summed E-state index contributed by atoms with van der Waals surface area (Å²) in [4.78, 5) is 37.0. The third kappa shape index (κ3) is 3.66. The lowest BCUT2D eigenvalue weighted by molar-refractivity contribution is -0.147. The molecule has 0 saturated carbocycles. The van der Waals surface area contributed by atoms with Crippen LogP contribution in [0, 0.1) is 0 Å². The molecule has 1 aromatic carbocycles. The van der Waals surface area contributed by atoms with E-state index in [1.54, 1.807) is 19.9 Å². The fourth-order valence-corrected chi connectivity index (χ4v) is 3.52. The molecule has 0 aliphatic rings. The van der Waals surface area contributed by atoms with E-state index in [0.29, 0.717) is 30.7 Å². The highest BCUT2D eigenvalue weighted by Gasteiger charge is 2.35. The third-order valence-electron chi connectivity index (χ3n) is 4.51. The molecule has 0 bridgehead atoms. The van der Waals surface area contributed by atoms with Crippen LogP contribution in [0.15, 0.2) is 38.5 Å². The van der Waals surface area contributed by atoms with Crippen LogP contribution < -0.4 is 11.2 Å². The first-order valence-electron chi connectivity index (χ1n) is 8.72. The van der Waals surface area contributed by atoms with Crippen LogP contribution in [0.25, 0.3) is 16.6 Å². The number of nitrogens with zero attached hydrogens (tertiary/aromatic N) is 4. The number of aromatic nitrogens is 4. The molecule has 0 radical (unpaired) electrons. The molecule has 0 amide bonds. The van der Waals surface area contributed by atoms with Crippen molar-refractivity contribution >= 4 is 32.8 Å². The van der Waals surface area contributed by atoms with Crippen LogP contribution in [0.2, 0.25) is 0 Å². The Morgan fingerprint density at radius 3 is 2.53 bits per heavy atom. The van der Waals surface area contributed by atoms with Gasteiger partial charge >= 0.3 is 17.8 Å². The Bertz CT molecular complexity index is 1260. The molecule has 1 unspecified atom stereocenters. The van der Waals surface area contributed by atoms with Gasteiger partial charge in [0, 0.05) is 18.5 Å². The fourth-order valence-electron chi connectivity index (χ4n) is 3.02. The van der Waals surface area contributed by atoms with E-state index in [1.807, 2.05) is 0 Å². The summed E-state index contributed by atoms with van der Waals surface area (Å²) >= 11 is 3.28. The maximum Gasteiger partial charge on any atom is 0.431 e. The monoisotopic (exact) mass is 488 g/mol. The molecule has 0 saturated heterocycles. The van der Waals surface area contributed by atoms with E-state index in [4.69, 9.17) is 4.74 Å². The van der Waals surface area contributed by atoms with E-state index < -0.39 is 35.1 Å². The molecule has 3 rings (SSSR count). The number of hydrogen-bond donors (Lipinski definition) is 0. The summed E-state index contributed by atoms with van der Waals surface area (Å²) < 4.78 is 46.9. The van der Waals surface area contributed by atoms with Gasteiger partial charge in [-0.05, 0) is 48.0 Å². The lowest BCUT2D eigenvalue weighted by Gasteiger charge is -2.15. The molecule has 0 aliphatic heterocycles. The second-order valence-corrected chi connectivity index (χ2v) is 7.16. The summed E-state index contributed by atoms with van der Waals surface area (Å²) in [6.07, 6.45) is -4.85. The smallest absolute Gasteiger partial charge is 0.431 e. The molecule has 30 heavy (non-hydrogen) atoms. The lowest BCUT2D eigenvalue weighted by atomic mass is 10.2. The second kappa shape index (κ2) is 7.74. The van der Waals surface area contributed by atoms with E-state index in [9.17, 15) is 27.6 Å². The summed E-state index contributed by atoms with van der Waals surface area (Å²) in [6, 6.07) is 3.89. The van der Waals surface area contributed by atoms with Gasteiger partial charge in [-0.3, -0.25) is 9.36 Å². The Morgan fingerprint density at radius 1 is 1.27 bits per heavy atom. The molecule has 0 fully saturated rings. The predicted molar refractivity (Wildman–Crippen MR) is 105 cm³/mol. The van der Waals surface area contributed by atoms with Crippen LogP contribution in [0.1, 0.15) is 25.6 Å². The molecule has 2 heterocycles. The van der Waals surface area contributed by atoms with Crippen molar-refractivity contribution in [1.82, 2.24) is 18.9 Å². The summed E-state index contributed by atoms with van der Waals surface area (Å²) in [5, 5.41) is 4.83.